The zero-order valence-electron chi connectivity index (χ0n) is 24.4. The average Bonchev–Trinajstić information content (AvgIpc) is 3.26. The number of nitrogens with zero attached hydrogens (tertiary/aromatic N) is 4. The maximum absolute atomic E-state index is 15.5. The first-order valence-electron chi connectivity index (χ1n) is 14.6. The number of sulfone groups is 1. The fraction of sp³-hybridized carbons (Fsp3) is 0.581. The second-order valence-corrected chi connectivity index (χ2v) is 13.7. The molecule has 7 nitrogen and oxygen atoms in total. The van der Waals surface area contributed by atoms with Crippen LogP contribution in [0.5, 0.6) is 0 Å². The number of rotatable bonds is 8. The van der Waals surface area contributed by atoms with E-state index in [4.69, 9.17) is 9.72 Å². The monoisotopic (exact) mass is 570 g/mol. The van der Waals surface area contributed by atoms with E-state index < -0.39 is 9.84 Å². The number of methoxy groups -OCH3 is 1. The minimum absolute atomic E-state index is 0.168. The molecule has 2 saturated heterocycles. The minimum Gasteiger partial charge on any atom is -0.383 e. The molecule has 0 N–H and O–H groups in total. The number of likely N-dealkylation sites (tertiary alicyclic amines) is 2. The predicted octanol–water partition coefficient (Wildman–Crippen LogP) is 5.24. The molecule has 5 rings (SSSR count). The maximum Gasteiger partial charge on any atom is 0.175 e. The van der Waals surface area contributed by atoms with E-state index in [1.165, 1.54) is 19.1 Å². The molecule has 1 aromatic heterocycles. The summed E-state index contributed by atoms with van der Waals surface area (Å²) in [5.41, 5.74) is 3.07. The molecule has 0 radical (unpaired) electrons. The summed E-state index contributed by atoms with van der Waals surface area (Å²) in [6.45, 7) is 8.40. The Hall–Kier alpha value is -2.33. The second kappa shape index (κ2) is 11.9. The summed E-state index contributed by atoms with van der Waals surface area (Å²) >= 11 is 0. The van der Waals surface area contributed by atoms with Crippen LogP contribution in [0.25, 0.3) is 22.4 Å². The Bertz CT molecular complexity index is 1430. The molecular weight excluding hydrogens is 527 g/mol. The number of halogens is 1. The van der Waals surface area contributed by atoms with Crippen LogP contribution in [0.2, 0.25) is 0 Å². The first-order chi connectivity index (χ1) is 19.1. The summed E-state index contributed by atoms with van der Waals surface area (Å²) in [5, 5.41) is 0. The van der Waals surface area contributed by atoms with Gasteiger partial charge in [-0.25, -0.2) is 17.8 Å². The number of aromatic nitrogens is 2. The van der Waals surface area contributed by atoms with Crippen molar-refractivity contribution in [2.24, 2.45) is 7.05 Å². The van der Waals surface area contributed by atoms with Crippen molar-refractivity contribution in [3.05, 3.63) is 47.8 Å². The van der Waals surface area contributed by atoms with E-state index >= 15 is 4.39 Å². The molecule has 3 unspecified atom stereocenters. The van der Waals surface area contributed by atoms with Crippen LogP contribution in [0.15, 0.2) is 41.3 Å². The van der Waals surface area contributed by atoms with Crippen molar-refractivity contribution in [1.29, 1.82) is 0 Å². The standard InChI is InChI=1S/C31H43FN4O3S/c1-6-24-18-25(17-21(2)36(24)15-16-39-4)35-13-11-22(12-14-35)27-19-29-30(20-28(27)32)34(3)31(33-29)23-7-9-26(10-8-23)40(5,37)38/h7-10,19-22,24-25H,6,11-18H2,1-5H3. The highest BCUT2D eigenvalue weighted by molar-refractivity contribution is 7.90. The van der Waals surface area contributed by atoms with Gasteiger partial charge in [0.25, 0.3) is 0 Å². The largest absolute Gasteiger partial charge is 0.383 e. The zero-order valence-corrected chi connectivity index (χ0v) is 25.3. The van der Waals surface area contributed by atoms with Gasteiger partial charge in [-0.1, -0.05) is 6.92 Å². The van der Waals surface area contributed by atoms with Gasteiger partial charge in [-0.3, -0.25) is 4.90 Å². The fourth-order valence-electron chi connectivity index (χ4n) is 6.96. The van der Waals surface area contributed by atoms with Gasteiger partial charge in [0.1, 0.15) is 11.6 Å². The van der Waals surface area contributed by atoms with Crippen molar-refractivity contribution in [1.82, 2.24) is 19.4 Å². The topological polar surface area (TPSA) is 67.7 Å². The highest BCUT2D eigenvalue weighted by Crippen LogP contribution is 2.36. The Kier molecular flexibility index (Phi) is 8.66. The van der Waals surface area contributed by atoms with Gasteiger partial charge in [0, 0.05) is 56.7 Å². The number of fused-ring (bicyclic) bond motifs is 1. The molecule has 0 spiro atoms. The number of hydrogen-bond acceptors (Lipinski definition) is 6. The Labute approximate surface area is 238 Å². The van der Waals surface area contributed by atoms with Crippen LogP contribution in [0.3, 0.4) is 0 Å². The summed E-state index contributed by atoms with van der Waals surface area (Å²) in [7, 11) is 0.376. The molecule has 0 saturated carbocycles. The molecule has 2 aliphatic heterocycles. The quantitative estimate of drug-likeness (QED) is 0.369. The molecule has 0 amide bonds. The van der Waals surface area contributed by atoms with Crippen LogP contribution in [0.1, 0.15) is 57.4 Å². The van der Waals surface area contributed by atoms with Gasteiger partial charge < -0.3 is 14.2 Å². The predicted molar refractivity (Wildman–Crippen MR) is 158 cm³/mol. The normalized spacial score (nSPS) is 23.7. The number of aryl methyl sites for hydroxylation is 1. The van der Waals surface area contributed by atoms with Crippen molar-refractivity contribution >= 4 is 20.9 Å². The molecule has 3 heterocycles. The summed E-state index contributed by atoms with van der Waals surface area (Å²) in [6.07, 6.45) is 6.61. The van der Waals surface area contributed by atoms with Crippen molar-refractivity contribution in [3.8, 4) is 11.4 Å². The van der Waals surface area contributed by atoms with Crippen molar-refractivity contribution < 1.29 is 17.5 Å². The summed E-state index contributed by atoms with van der Waals surface area (Å²) in [4.78, 5) is 10.4. The lowest BCUT2D eigenvalue weighted by Crippen LogP contribution is -2.55. The van der Waals surface area contributed by atoms with E-state index in [0.717, 1.165) is 67.7 Å². The number of benzene rings is 2. The lowest BCUT2D eigenvalue weighted by Gasteiger charge is -2.48. The number of ether oxygens (including phenoxy) is 1. The first kappa shape index (κ1) is 29.2. The zero-order chi connectivity index (χ0) is 28.6. The minimum atomic E-state index is -3.27. The average molecular weight is 571 g/mol. The van der Waals surface area contributed by atoms with E-state index in [-0.39, 0.29) is 16.6 Å². The molecule has 40 heavy (non-hydrogen) atoms. The summed E-state index contributed by atoms with van der Waals surface area (Å²) in [6, 6.07) is 12.0. The van der Waals surface area contributed by atoms with Crippen molar-refractivity contribution in [2.75, 3.05) is 39.6 Å². The Morgan fingerprint density at radius 2 is 1.80 bits per heavy atom. The van der Waals surface area contributed by atoms with Gasteiger partial charge in [-0.05, 0) is 93.9 Å². The van der Waals surface area contributed by atoms with E-state index in [1.807, 2.05) is 17.7 Å². The molecule has 0 bridgehead atoms. The van der Waals surface area contributed by atoms with E-state index in [1.54, 1.807) is 37.4 Å². The van der Waals surface area contributed by atoms with Crippen LogP contribution in [0, 0.1) is 5.82 Å². The van der Waals surface area contributed by atoms with Gasteiger partial charge in [-0.2, -0.15) is 0 Å². The van der Waals surface area contributed by atoms with Crippen LogP contribution >= 0.6 is 0 Å². The molecule has 3 aromatic rings. The van der Waals surface area contributed by atoms with Gasteiger partial charge in [0.2, 0.25) is 0 Å². The van der Waals surface area contributed by atoms with Crippen LogP contribution in [-0.4, -0.2) is 85.5 Å². The Morgan fingerprint density at radius 1 is 1.10 bits per heavy atom. The third kappa shape index (κ3) is 5.84. The number of piperidine rings is 2. The SMILES string of the molecule is CCC1CC(N2CCC(c3cc4nc(-c5ccc(S(C)(=O)=O)cc5)n(C)c4cc3F)CC2)CC(C)N1CCOC. The molecule has 9 heteroatoms. The third-order valence-corrected chi connectivity index (χ3v) is 10.4. The van der Waals surface area contributed by atoms with Gasteiger partial charge in [0.05, 0.1) is 22.5 Å². The second-order valence-electron chi connectivity index (χ2n) is 11.7. The molecular formula is C31H43FN4O3S. The Balaban J connectivity index is 1.29. The molecule has 3 atom stereocenters. The van der Waals surface area contributed by atoms with E-state index in [2.05, 4.69) is 23.6 Å². The lowest BCUT2D eigenvalue weighted by molar-refractivity contribution is 0.00471. The highest BCUT2D eigenvalue weighted by Gasteiger charge is 2.36. The first-order valence-corrected chi connectivity index (χ1v) is 16.4. The van der Waals surface area contributed by atoms with Crippen LogP contribution in [0.4, 0.5) is 4.39 Å². The fourth-order valence-corrected chi connectivity index (χ4v) is 7.59. The smallest absolute Gasteiger partial charge is 0.175 e. The van der Waals surface area contributed by atoms with Crippen LogP contribution < -0.4 is 0 Å². The highest BCUT2D eigenvalue weighted by atomic mass is 32.2. The Morgan fingerprint density at radius 3 is 2.42 bits per heavy atom. The van der Waals surface area contributed by atoms with Crippen molar-refractivity contribution in [3.63, 3.8) is 0 Å². The lowest BCUT2D eigenvalue weighted by atomic mass is 9.85. The number of imidazole rings is 1. The van der Waals surface area contributed by atoms with Gasteiger partial charge in [0.15, 0.2) is 9.84 Å². The van der Waals surface area contributed by atoms with Gasteiger partial charge in [-0.15, -0.1) is 0 Å². The molecule has 0 aliphatic carbocycles. The molecule has 218 valence electrons. The third-order valence-electron chi connectivity index (χ3n) is 9.24. The molecule has 2 aliphatic rings. The summed E-state index contributed by atoms with van der Waals surface area (Å²) in [5.74, 6) is 0.707. The van der Waals surface area contributed by atoms with E-state index in [9.17, 15) is 8.42 Å². The van der Waals surface area contributed by atoms with Gasteiger partial charge >= 0.3 is 0 Å². The van der Waals surface area contributed by atoms with E-state index in [0.29, 0.717) is 23.9 Å². The maximum atomic E-state index is 15.5. The summed E-state index contributed by atoms with van der Waals surface area (Å²) < 4.78 is 46.4. The molecule has 2 fully saturated rings. The molecule has 2 aromatic carbocycles. The number of hydrogen-bond donors (Lipinski definition) is 0. The van der Waals surface area contributed by atoms with Crippen molar-refractivity contribution in [2.45, 2.75) is 74.9 Å². The van der Waals surface area contributed by atoms with Crippen LogP contribution in [-0.2, 0) is 21.6 Å².